The molecule has 126 valence electrons. The summed E-state index contributed by atoms with van der Waals surface area (Å²) in [6, 6.07) is 10.1. The number of nitrogens with one attached hydrogen (secondary N) is 2. The fourth-order valence-electron chi connectivity index (χ4n) is 1.98. The second kappa shape index (κ2) is 8.85. The normalized spacial score (nSPS) is 11.2. The van der Waals surface area contributed by atoms with Crippen LogP contribution in [0.1, 0.15) is 5.56 Å². The first-order valence-electron chi connectivity index (χ1n) is 7.13. The van der Waals surface area contributed by atoms with Crippen molar-refractivity contribution in [2.45, 2.75) is 6.54 Å². The van der Waals surface area contributed by atoms with Crippen LogP contribution < -0.4 is 10.6 Å². The Morgan fingerprint density at radius 2 is 2.17 bits per heavy atom. The molecule has 24 heavy (non-hydrogen) atoms. The van der Waals surface area contributed by atoms with Gasteiger partial charge in [0.15, 0.2) is 0 Å². The van der Waals surface area contributed by atoms with Crippen molar-refractivity contribution >= 4 is 28.8 Å². The molecule has 2 aromatic rings. The van der Waals surface area contributed by atoms with E-state index >= 15 is 0 Å². The highest BCUT2D eigenvalue weighted by Gasteiger charge is 2.12. The van der Waals surface area contributed by atoms with Gasteiger partial charge in [-0.3, -0.25) is 10.1 Å². The third-order valence-electron chi connectivity index (χ3n) is 3.06. The zero-order valence-corrected chi connectivity index (χ0v) is 13.8. The summed E-state index contributed by atoms with van der Waals surface area (Å²) in [5, 5.41) is 17.7. The number of nitro benzene ring substituents is 1. The van der Waals surface area contributed by atoms with E-state index in [0.717, 1.165) is 5.56 Å². The average Bonchev–Trinajstić information content (AvgIpc) is 2.57. The van der Waals surface area contributed by atoms with Crippen LogP contribution in [0.2, 0.25) is 0 Å². The largest absolute Gasteiger partial charge is 0.503 e. The first kappa shape index (κ1) is 17.7. The zero-order valence-electron chi connectivity index (χ0n) is 13.0. The van der Waals surface area contributed by atoms with Crippen molar-refractivity contribution in [1.29, 1.82) is 0 Å². The van der Waals surface area contributed by atoms with E-state index in [9.17, 15) is 10.1 Å². The van der Waals surface area contributed by atoms with Gasteiger partial charge in [0.1, 0.15) is 11.5 Å². The average molecular weight is 349 g/mol. The molecule has 1 aromatic carbocycles. The van der Waals surface area contributed by atoms with Crippen molar-refractivity contribution in [3.05, 3.63) is 69.6 Å². The van der Waals surface area contributed by atoms with Crippen LogP contribution in [0.5, 0.6) is 0 Å². The fraction of sp³-hybridized carbons (Fsp3) is 0.188. The van der Waals surface area contributed by atoms with Gasteiger partial charge in [-0.05, 0) is 17.7 Å². The van der Waals surface area contributed by atoms with E-state index in [1.807, 2.05) is 6.07 Å². The quantitative estimate of drug-likeness (QED) is 0.431. The van der Waals surface area contributed by atoms with Gasteiger partial charge >= 0.3 is 0 Å². The first-order chi connectivity index (χ1) is 11.6. The van der Waals surface area contributed by atoms with Crippen molar-refractivity contribution in [3.63, 3.8) is 0 Å². The number of nitrogens with zero attached hydrogens (tertiary/aromatic N) is 2. The van der Waals surface area contributed by atoms with Gasteiger partial charge in [-0.15, -0.1) is 0 Å². The molecule has 8 heteroatoms. The zero-order chi connectivity index (χ0) is 17.4. The second-order valence-corrected chi connectivity index (χ2v) is 5.34. The maximum atomic E-state index is 11.0. The number of benzene rings is 1. The lowest BCUT2D eigenvalue weighted by molar-refractivity contribution is -0.383. The van der Waals surface area contributed by atoms with Crippen LogP contribution in [0.4, 0.5) is 17.2 Å². The van der Waals surface area contributed by atoms with E-state index in [0.29, 0.717) is 29.6 Å². The highest BCUT2D eigenvalue weighted by molar-refractivity contribution is 6.29. The van der Waals surface area contributed by atoms with Crippen LogP contribution in [-0.4, -0.2) is 23.6 Å². The summed E-state index contributed by atoms with van der Waals surface area (Å²) in [5.74, 6) is 0.533. The summed E-state index contributed by atoms with van der Waals surface area (Å²) >= 11 is 5.90. The number of aromatic nitrogens is 1. The van der Waals surface area contributed by atoms with Crippen LogP contribution in [-0.2, 0) is 11.3 Å². The highest BCUT2D eigenvalue weighted by atomic mass is 35.5. The van der Waals surface area contributed by atoms with Gasteiger partial charge in [-0.2, -0.15) is 0 Å². The number of halogens is 1. The summed E-state index contributed by atoms with van der Waals surface area (Å²) in [5.41, 5.74) is 1.37. The Morgan fingerprint density at radius 1 is 1.38 bits per heavy atom. The molecule has 2 N–H and O–H groups in total. The lowest BCUT2D eigenvalue weighted by Gasteiger charge is -2.08. The number of methoxy groups -OCH3 is 1. The van der Waals surface area contributed by atoms with Crippen LogP contribution >= 0.6 is 11.6 Å². The van der Waals surface area contributed by atoms with Gasteiger partial charge in [0.05, 0.1) is 23.3 Å². The van der Waals surface area contributed by atoms with Gasteiger partial charge < -0.3 is 15.4 Å². The molecule has 0 unspecified atom stereocenters. The molecule has 2 rings (SSSR count). The molecule has 0 fully saturated rings. The number of hydrogen-bond donors (Lipinski definition) is 2. The lowest BCUT2D eigenvalue weighted by atomic mass is 10.2. The Morgan fingerprint density at radius 3 is 2.83 bits per heavy atom. The molecule has 0 aliphatic heterocycles. The molecular formula is C16H17ClN4O3. The van der Waals surface area contributed by atoms with Crippen molar-refractivity contribution in [2.24, 2.45) is 0 Å². The van der Waals surface area contributed by atoms with E-state index < -0.39 is 4.92 Å². The van der Waals surface area contributed by atoms with Gasteiger partial charge in [-0.25, -0.2) is 4.98 Å². The van der Waals surface area contributed by atoms with Gasteiger partial charge in [-0.1, -0.05) is 29.8 Å². The van der Waals surface area contributed by atoms with E-state index in [1.165, 1.54) is 19.4 Å². The Balaban J connectivity index is 1.95. The van der Waals surface area contributed by atoms with Crippen LogP contribution in [0.3, 0.4) is 0 Å². The summed E-state index contributed by atoms with van der Waals surface area (Å²) < 4.78 is 4.80. The highest BCUT2D eigenvalue weighted by Crippen LogP contribution is 2.26. The van der Waals surface area contributed by atoms with Gasteiger partial charge in [0.25, 0.3) is 5.69 Å². The summed E-state index contributed by atoms with van der Waals surface area (Å²) in [6.45, 7) is 1.08. The minimum absolute atomic E-state index is 0.00427. The first-order valence-corrected chi connectivity index (χ1v) is 7.51. The second-order valence-electron chi connectivity index (χ2n) is 4.85. The smallest absolute Gasteiger partial charge is 0.292 e. The maximum absolute atomic E-state index is 11.0. The summed E-state index contributed by atoms with van der Waals surface area (Å²) in [4.78, 5) is 14.8. The predicted octanol–water partition coefficient (Wildman–Crippen LogP) is 3.55. The number of nitro groups is 1. The predicted molar refractivity (Wildman–Crippen MR) is 93.3 cm³/mol. The van der Waals surface area contributed by atoms with E-state index in [2.05, 4.69) is 15.6 Å². The third kappa shape index (κ3) is 5.22. The molecule has 7 nitrogen and oxygen atoms in total. The fourth-order valence-corrected chi connectivity index (χ4v) is 2.16. The van der Waals surface area contributed by atoms with E-state index in [1.54, 1.807) is 30.5 Å². The van der Waals surface area contributed by atoms with Crippen molar-refractivity contribution < 1.29 is 9.66 Å². The Kier molecular flexibility index (Phi) is 6.53. The molecule has 0 bridgehead atoms. The van der Waals surface area contributed by atoms with Crippen molar-refractivity contribution in [1.82, 2.24) is 10.3 Å². The molecule has 0 atom stereocenters. The van der Waals surface area contributed by atoms with Crippen molar-refractivity contribution in [3.8, 4) is 0 Å². The van der Waals surface area contributed by atoms with Gasteiger partial charge in [0.2, 0.25) is 0 Å². The Hall–Kier alpha value is -2.64. The maximum Gasteiger partial charge on any atom is 0.292 e. The standard InChI is InChI=1S/C16H17ClN4O3/c1-24-11-13(17)10-18-8-12-6-7-16(19-9-12)20-14-4-2-3-5-15(14)21(22)23/h2-7,9,11,18H,8,10H2,1H3,(H,19,20)/b13-11-. The SMILES string of the molecule is CO/C=C(\Cl)CNCc1ccc(Nc2ccccc2[N+](=O)[O-])nc1. The number of hydrogen-bond acceptors (Lipinski definition) is 6. The summed E-state index contributed by atoms with van der Waals surface area (Å²) in [6.07, 6.45) is 3.16. The Labute approximate surface area is 144 Å². The molecule has 0 aliphatic rings. The molecule has 0 saturated carbocycles. The Bertz CT molecular complexity index is 720. The molecule has 1 heterocycles. The van der Waals surface area contributed by atoms with E-state index in [-0.39, 0.29) is 5.69 Å². The van der Waals surface area contributed by atoms with E-state index in [4.69, 9.17) is 16.3 Å². The molecule has 1 aromatic heterocycles. The molecule has 0 radical (unpaired) electrons. The minimum Gasteiger partial charge on any atom is -0.503 e. The summed E-state index contributed by atoms with van der Waals surface area (Å²) in [7, 11) is 1.54. The lowest BCUT2D eigenvalue weighted by Crippen LogP contribution is -2.15. The minimum atomic E-state index is -0.433. The molecule has 0 saturated heterocycles. The number of para-hydroxylation sites is 2. The number of rotatable bonds is 8. The topological polar surface area (TPSA) is 89.3 Å². The molecule has 0 spiro atoms. The van der Waals surface area contributed by atoms with Gasteiger partial charge in [0, 0.05) is 25.4 Å². The van der Waals surface area contributed by atoms with Crippen LogP contribution in [0, 0.1) is 10.1 Å². The number of anilines is 2. The van der Waals surface area contributed by atoms with Crippen LogP contribution in [0.25, 0.3) is 0 Å². The monoisotopic (exact) mass is 348 g/mol. The number of pyridine rings is 1. The third-order valence-corrected chi connectivity index (χ3v) is 3.28. The number of ether oxygens (including phenoxy) is 1. The molecular weight excluding hydrogens is 332 g/mol. The molecule has 0 aliphatic carbocycles. The molecule has 0 amide bonds. The van der Waals surface area contributed by atoms with Crippen molar-refractivity contribution in [2.75, 3.05) is 19.0 Å². The van der Waals surface area contributed by atoms with Crippen LogP contribution in [0.15, 0.2) is 53.9 Å².